The van der Waals surface area contributed by atoms with Gasteiger partial charge in [-0.05, 0) is 43.4 Å². The van der Waals surface area contributed by atoms with Crippen LogP contribution < -0.4 is 16.8 Å². The molecule has 0 aromatic heterocycles. The zero-order valence-corrected chi connectivity index (χ0v) is 12.2. The van der Waals surface area contributed by atoms with Crippen LogP contribution in [0.1, 0.15) is 41.6 Å². The van der Waals surface area contributed by atoms with Crippen LogP contribution in [-0.2, 0) is 11.2 Å². The van der Waals surface area contributed by atoms with Gasteiger partial charge in [-0.2, -0.15) is 0 Å². The highest BCUT2D eigenvalue weighted by atomic mass is 16.2. The first-order chi connectivity index (χ1) is 10.1. The van der Waals surface area contributed by atoms with Crippen molar-refractivity contribution in [2.75, 3.05) is 6.54 Å². The van der Waals surface area contributed by atoms with Gasteiger partial charge in [0.15, 0.2) is 0 Å². The SMILES string of the molecule is NC(=O)c1cccc(CCNC(=O)C2CCCC(N)C2)c1. The molecule has 5 nitrogen and oxygen atoms in total. The number of hydrogen-bond acceptors (Lipinski definition) is 3. The fourth-order valence-electron chi connectivity index (χ4n) is 2.82. The number of carbonyl (C=O) groups is 2. The zero-order chi connectivity index (χ0) is 15.2. The summed E-state index contributed by atoms with van der Waals surface area (Å²) in [6.07, 6.45) is 4.44. The first kappa shape index (κ1) is 15.5. The molecule has 2 atom stereocenters. The molecule has 0 radical (unpaired) electrons. The molecule has 5 heteroatoms. The van der Waals surface area contributed by atoms with Crippen molar-refractivity contribution in [3.05, 3.63) is 35.4 Å². The molecule has 0 saturated heterocycles. The smallest absolute Gasteiger partial charge is 0.248 e. The molecule has 0 aliphatic heterocycles. The highest BCUT2D eigenvalue weighted by Gasteiger charge is 2.24. The van der Waals surface area contributed by atoms with Gasteiger partial charge in [0.2, 0.25) is 11.8 Å². The Bertz CT molecular complexity index is 516. The maximum atomic E-state index is 12.1. The highest BCUT2D eigenvalue weighted by Crippen LogP contribution is 2.23. The average molecular weight is 289 g/mol. The molecule has 2 unspecified atom stereocenters. The minimum Gasteiger partial charge on any atom is -0.366 e. The Balaban J connectivity index is 1.79. The van der Waals surface area contributed by atoms with Crippen molar-refractivity contribution < 1.29 is 9.59 Å². The topological polar surface area (TPSA) is 98.2 Å². The summed E-state index contributed by atoms with van der Waals surface area (Å²) in [4.78, 5) is 23.2. The van der Waals surface area contributed by atoms with Gasteiger partial charge in [0.05, 0.1) is 0 Å². The molecule has 0 heterocycles. The summed E-state index contributed by atoms with van der Waals surface area (Å²) in [5.74, 6) is -0.293. The van der Waals surface area contributed by atoms with Crippen LogP contribution in [0.3, 0.4) is 0 Å². The van der Waals surface area contributed by atoms with E-state index in [9.17, 15) is 9.59 Å². The molecule has 114 valence electrons. The number of hydrogen-bond donors (Lipinski definition) is 3. The van der Waals surface area contributed by atoms with Crippen LogP contribution in [0.15, 0.2) is 24.3 Å². The highest BCUT2D eigenvalue weighted by molar-refractivity contribution is 5.92. The van der Waals surface area contributed by atoms with Gasteiger partial charge >= 0.3 is 0 Å². The third-order valence-electron chi connectivity index (χ3n) is 4.01. The van der Waals surface area contributed by atoms with Crippen molar-refractivity contribution in [2.24, 2.45) is 17.4 Å². The van der Waals surface area contributed by atoms with Gasteiger partial charge in [0.25, 0.3) is 0 Å². The summed E-state index contributed by atoms with van der Waals surface area (Å²) < 4.78 is 0. The Morgan fingerprint density at radius 3 is 2.81 bits per heavy atom. The summed E-state index contributed by atoms with van der Waals surface area (Å²) in [5.41, 5.74) is 12.6. The van der Waals surface area contributed by atoms with Crippen LogP contribution in [0.25, 0.3) is 0 Å². The maximum absolute atomic E-state index is 12.1. The van der Waals surface area contributed by atoms with Gasteiger partial charge < -0.3 is 16.8 Å². The summed E-state index contributed by atoms with van der Waals surface area (Å²) in [6.45, 7) is 0.562. The van der Waals surface area contributed by atoms with Crippen LogP contribution in [0.5, 0.6) is 0 Å². The number of amides is 2. The molecule has 1 fully saturated rings. The van der Waals surface area contributed by atoms with Crippen LogP contribution >= 0.6 is 0 Å². The Kier molecular flexibility index (Phi) is 5.33. The molecule has 2 amide bonds. The fourth-order valence-corrected chi connectivity index (χ4v) is 2.82. The third-order valence-corrected chi connectivity index (χ3v) is 4.01. The lowest BCUT2D eigenvalue weighted by atomic mass is 9.85. The number of primary amides is 1. The van der Waals surface area contributed by atoms with Gasteiger partial charge in [-0.3, -0.25) is 9.59 Å². The van der Waals surface area contributed by atoms with Gasteiger partial charge in [0, 0.05) is 24.1 Å². The summed E-state index contributed by atoms with van der Waals surface area (Å²) in [7, 11) is 0. The number of rotatable bonds is 5. The first-order valence-corrected chi connectivity index (χ1v) is 7.48. The van der Waals surface area contributed by atoms with E-state index in [0.717, 1.165) is 31.2 Å². The van der Waals surface area contributed by atoms with Crippen molar-refractivity contribution in [3.8, 4) is 0 Å². The monoisotopic (exact) mass is 289 g/mol. The maximum Gasteiger partial charge on any atom is 0.248 e. The molecule has 2 rings (SSSR count). The second-order valence-electron chi connectivity index (χ2n) is 5.73. The summed E-state index contributed by atoms with van der Waals surface area (Å²) in [5, 5.41) is 2.96. The quantitative estimate of drug-likeness (QED) is 0.753. The minimum atomic E-state index is -0.433. The van der Waals surface area contributed by atoms with E-state index in [2.05, 4.69) is 5.32 Å². The summed E-state index contributed by atoms with van der Waals surface area (Å²) >= 11 is 0. The van der Waals surface area contributed by atoms with E-state index in [1.807, 2.05) is 6.07 Å². The van der Waals surface area contributed by atoms with Crippen LogP contribution in [0.2, 0.25) is 0 Å². The lowest BCUT2D eigenvalue weighted by molar-refractivity contribution is -0.126. The molecule has 1 aromatic carbocycles. The Morgan fingerprint density at radius 1 is 1.29 bits per heavy atom. The predicted molar refractivity (Wildman–Crippen MR) is 81.6 cm³/mol. The number of nitrogens with two attached hydrogens (primary N) is 2. The zero-order valence-electron chi connectivity index (χ0n) is 12.2. The molecule has 1 aromatic rings. The predicted octanol–water partition coefficient (Wildman–Crippen LogP) is 0.962. The molecule has 1 saturated carbocycles. The molecule has 1 aliphatic carbocycles. The summed E-state index contributed by atoms with van der Waals surface area (Å²) in [6, 6.07) is 7.34. The number of nitrogens with one attached hydrogen (secondary N) is 1. The number of carbonyl (C=O) groups excluding carboxylic acids is 2. The minimum absolute atomic E-state index is 0.0469. The van der Waals surface area contributed by atoms with E-state index in [4.69, 9.17) is 11.5 Å². The van der Waals surface area contributed by atoms with Crippen molar-refractivity contribution in [3.63, 3.8) is 0 Å². The van der Waals surface area contributed by atoms with Gasteiger partial charge in [-0.25, -0.2) is 0 Å². The van der Waals surface area contributed by atoms with Crippen LogP contribution in [-0.4, -0.2) is 24.4 Å². The van der Waals surface area contributed by atoms with Crippen LogP contribution in [0.4, 0.5) is 0 Å². The normalized spacial score (nSPS) is 21.8. The molecule has 5 N–H and O–H groups in total. The number of benzene rings is 1. The second kappa shape index (κ2) is 7.22. The molecule has 1 aliphatic rings. The Morgan fingerprint density at radius 2 is 2.10 bits per heavy atom. The van der Waals surface area contributed by atoms with E-state index in [-0.39, 0.29) is 17.9 Å². The van der Waals surface area contributed by atoms with E-state index in [1.165, 1.54) is 0 Å². The van der Waals surface area contributed by atoms with E-state index >= 15 is 0 Å². The lowest BCUT2D eigenvalue weighted by Crippen LogP contribution is -2.38. The largest absolute Gasteiger partial charge is 0.366 e. The Hall–Kier alpha value is -1.88. The lowest BCUT2D eigenvalue weighted by Gasteiger charge is -2.25. The standard InChI is InChI=1S/C16H23N3O2/c17-14-6-2-5-13(10-14)16(21)19-8-7-11-3-1-4-12(9-11)15(18)20/h1,3-4,9,13-14H,2,5-8,10,17H2,(H2,18,20)(H,19,21). The molecule has 0 spiro atoms. The fraction of sp³-hybridized carbons (Fsp3) is 0.500. The van der Waals surface area contributed by atoms with E-state index in [0.29, 0.717) is 18.5 Å². The Labute approximate surface area is 125 Å². The van der Waals surface area contributed by atoms with Crippen molar-refractivity contribution in [2.45, 2.75) is 38.1 Å². The van der Waals surface area contributed by atoms with Crippen molar-refractivity contribution in [1.82, 2.24) is 5.32 Å². The van der Waals surface area contributed by atoms with Gasteiger partial charge in [-0.1, -0.05) is 18.6 Å². The van der Waals surface area contributed by atoms with Crippen LogP contribution in [0, 0.1) is 5.92 Å². The average Bonchev–Trinajstić information content (AvgIpc) is 2.47. The molecule has 21 heavy (non-hydrogen) atoms. The van der Waals surface area contributed by atoms with Gasteiger partial charge in [0.1, 0.15) is 0 Å². The van der Waals surface area contributed by atoms with Gasteiger partial charge in [-0.15, -0.1) is 0 Å². The molecular formula is C16H23N3O2. The third kappa shape index (κ3) is 4.56. The van der Waals surface area contributed by atoms with Crippen molar-refractivity contribution >= 4 is 11.8 Å². The molecule has 0 bridgehead atoms. The first-order valence-electron chi connectivity index (χ1n) is 7.48. The van der Waals surface area contributed by atoms with E-state index in [1.54, 1.807) is 18.2 Å². The van der Waals surface area contributed by atoms with Crippen molar-refractivity contribution in [1.29, 1.82) is 0 Å². The van der Waals surface area contributed by atoms with E-state index < -0.39 is 5.91 Å². The second-order valence-corrected chi connectivity index (χ2v) is 5.73. The molecular weight excluding hydrogens is 266 g/mol.